The topological polar surface area (TPSA) is 51.4 Å². The van der Waals surface area contributed by atoms with Crippen LogP contribution < -0.4 is 15.4 Å². The molecule has 3 rings (SSSR count). The van der Waals surface area contributed by atoms with Crippen LogP contribution in [0.25, 0.3) is 10.9 Å². The van der Waals surface area contributed by atoms with Crippen LogP contribution in [-0.2, 0) is 0 Å². The first-order valence-corrected chi connectivity index (χ1v) is 6.71. The summed E-state index contributed by atoms with van der Waals surface area (Å²) in [5.41, 5.74) is 9.61. The van der Waals surface area contributed by atoms with Gasteiger partial charge in [0.25, 0.3) is 0 Å². The number of hydrogen-bond donors (Lipinski definition) is 1. The second kappa shape index (κ2) is 5.32. The maximum absolute atomic E-state index is 5.83. The molecular weight excluding hydrogens is 262 g/mol. The van der Waals surface area contributed by atoms with E-state index in [-0.39, 0.29) is 0 Å². The fraction of sp³-hybridized carbons (Fsp3) is 0.118. The molecule has 0 aliphatic carbocycles. The third kappa shape index (κ3) is 2.48. The monoisotopic (exact) mass is 279 g/mol. The van der Waals surface area contributed by atoms with E-state index in [0.29, 0.717) is 0 Å². The Morgan fingerprint density at radius 1 is 1.05 bits per heavy atom. The SMILES string of the molecule is COc1ccc(N(C)c2ccnc3cc(N)ccc23)cc1. The summed E-state index contributed by atoms with van der Waals surface area (Å²) in [6, 6.07) is 15.8. The van der Waals surface area contributed by atoms with E-state index in [1.807, 2.05) is 55.6 Å². The van der Waals surface area contributed by atoms with Gasteiger partial charge in [-0.15, -0.1) is 0 Å². The van der Waals surface area contributed by atoms with Gasteiger partial charge >= 0.3 is 0 Å². The lowest BCUT2D eigenvalue weighted by atomic mass is 10.1. The van der Waals surface area contributed by atoms with E-state index in [2.05, 4.69) is 9.88 Å². The van der Waals surface area contributed by atoms with E-state index in [0.717, 1.165) is 33.7 Å². The largest absolute Gasteiger partial charge is 0.497 e. The summed E-state index contributed by atoms with van der Waals surface area (Å²) in [6.07, 6.45) is 1.80. The Hall–Kier alpha value is -2.75. The number of anilines is 3. The summed E-state index contributed by atoms with van der Waals surface area (Å²) in [5, 5.41) is 1.07. The van der Waals surface area contributed by atoms with Crippen molar-refractivity contribution in [1.82, 2.24) is 4.98 Å². The van der Waals surface area contributed by atoms with Crippen LogP contribution in [0.3, 0.4) is 0 Å². The molecule has 106 valence electrons. The number of hydrogen-bond acceptors (Lipinski definition) is 4. The van der Waals surface area contributed by atoms with Crippen LogP contribution in [0.1, 0.15) is 0 Å². The van der Waals surface area contributed by atoms with Gasteiger partial charge < -0.3 is 15.4 Å². The van der Waals surface area contributed by atoms with E-state index in [1.165, 1.54) is 0 Å². The van der Waals surface area contributed by atoms with Crippen molar-refractivity contribution < 1.29 is 4.74 Å². The summed E-state index contributed by atoms with van der Waals surface area (Å²) < 4.78 is 5.20. The molecule has 0 atom stereocenters. The van der Waals surface area contributed by atoms with Gasteiger partial charge in [0.2, 0.25) is 0 Å². The fourth-order valence-corrected chi connectivity index (χ4v) is 2.39. The van der Waals surface area contributed by atoms with Crippen LogP contribution in [-0.4, -0.2) is 19.1 Å². The Bertz CT molecular complexity index is 769. The molecule has 0 aliphatic heterocycles. The third-order valence-corrected chi connectivity index (χ3v) is 3.56. The zero-order valence-corrected chi connectivity index (χ0v) is 12.1. The molecule has 1 heterocycles. The molecule has 4 heteroatoms. The Labute approximate surface area is 123 Å². The van der Waals surface area contributed by atoms with Crippen molar-refractivity contribution in [3.05, 3.63) is 54.7 Å². The van der Waals surface area contributed by atoms with E-state index in [4.69, 9.17) is 10.5 Å². The van der Waals surface area contributed by atoms with Crippen molar-refractivity contribution >= 4 is 28.0 Å². The third-order valence-electron chi connectivity index (χ3n) is 3.56. The van der Waals surface area contributed by atoms with Gasteiger partial charge in [0.05, 0.1) is 18.3 Å². The number of nitrogen functional groups attached to an aromatic ring is 1. The lowest BCUT2D eigenvalue weighted by Gasteiger charge is -2.21. The number of aromatic nitrogens is 1. The van der Waals surface area contributed by atoms with Gasteiger partial charge in [0.15, 0.2) is 0 Å². The highest BCUT2D eigenvalue weighted by Crippen LogP contribution is 2.31. The molecule has 0 spiro atoms. The van der Waals surface area contributed by atoms with Gasteiger partial charge in [-0.3, -0.25) is 4.98 Å². The van der Waals surface area contributed by atoms with E-state index in [1.54, 1.807) is 13.3 Å². The molecule has 1 aromatic heterocycles. The summed E-state index contributed by atoms with van der Waals surface area (Å²) in [5.74, 6) is 0.847. The zero-order chi connectivity index (χ0) is 14.8. The summed E-state index contributed by atoms with van der Waals surface area (Å²) in [4.78, 5) is 6.50. The Balaban J connectivity index is 2.06. The molecule has 0 bridgehead atoms. The van der Waals surface area contributed by atoms with Gasteiger partial charge in [0, 0.05) is 30.0 Å². The van der Waals surface area contributed by atoms with E-state index < -0.39 is 0 Å². The first-order chi connectivity index (χ1) is 10.2. The molecule has 0 amide bonds. The molecule has 2 N–H and O–H groups in total. The second-order valence-electron chi connectivity index (χ2n) is 4.86. The van der Waals surface area contributed by atoms with Crippen molar-refractivity contribution in [2.24, 2.45) is 0 Å². The van der Waals surface area contributed by atoms with Gasteiger partial charge in [-0.1, -0.05) is 0 Å². The average Bonchev–Trinajstić information content (AvgIpc) is 2.53. The molecule has 0 saturated carbocycles. The molecule has 0 fully saturated rings. The van der Waals surface area contributed by atoms with Crippen LogP contribution in [0.4, 0.5) is 17.1 Å². The van der Waals surface area contributed by atoms with Crippen LogP contribution in [0, 0.1) is 0 Å². The number of nitrogens with zero attached hydrogens (tertiary/aromatic N) is 2. The first kappa shape index (κ1) is 13.2. The quantitative estimate of drug-likeness (QED) is 0.744. The average molecular weight is 279 g/mol. The molecule has 0 unspecified atom stereocenters. The normalized spacial score (nSPS) is 10.6. The molecule has 21 heavy (non-hydrogen) atoms. The number of methoxy groups -OCH3 is 1. The summed E-state index contributed by atoms with van der Waals surface area (Å²) in [7, 11) is 3.70. The van der Waals surface area contributed by atoms with Gasteiger partial charge in [-0.25, -0.2) is 0 Å². The first-order valence-electron chi connectivity index (χ1n) is 6.71. The molecule has 0 aliphatic rings. The minimum Gasteiger partial charge on any atom is -0.497 e. The summed E-state index contributed by atoms with van der Waals surface area (Å²) >= 11 is 0. The number of pyridine rings is 1. The van der Waals surface area contributed by atoms with Gasteiger partial charge in [-0.2, -0.15) is 0 Å². The van der Waals surface area contributed by atoms with Crippen LogP contribution in [0.5, 0.6) is 5.75 Å². The van der Waals surface area contributed by atoms with E-state index in [9.17, 15) is 0 Å². The van der Waals surface area contributed by atoms with Gasteiger partial charge in [-0.05, 0) is 48.5 Å². The molecule has 0 radical (unpaired) electrons. The Morgan fingerprint density at radius 3 is 2.52 bits per heavy atom. The molecule has 2 aromatic carbocycles. The predicted octanol–water partition coefficient (Wildman–Crippen LogP) is 3.59. The molecule has 0 saturated heterocycles. The number of rotatable bonds is 3. The van der Waals surface area contributed by atoms with Crippen molar-refractivity contribution in [3.8, 4) is 5.75 Å². The van der Waals surface area contributed by atoms with Crippen molar-refractivity contribution in [2.75, 3.05) is 24.8 Å². The Morgan fingerprint density at radius 2 is 1.81 bits per heavy atom. The summed E-state index contributed by atoms with van der Waals surface area (Å²) in [6.45, 7) is 0. The highest BCUT2D eigenvalue weighted by molar-refractivity contribution is 5.94. The lowest BCUT2D eigenvalue weighted by molar-refractivity contribution is 0.415. The number of ether oxygens (including phenoxy) is 1. The number of nitrogens with two attached hydrogens (primary N) is 1. The second-order valence-corrected chi connectivity index (χ2v) is 4.86. The van der Waals surface area contributed by atoms with Crippen LogP contribution >= 0.6 is 0 Å². The van der Waals surface area contributed by atoms with E-state index >= 15 is 0 Å². The number of fused-ring (bicyclic) bond motifs is 1. The highest BCUT2D eigenvalue weighted by atomic mass is 16.5. The maximum Gasteiger partial charge on any atom is 0.119 e. The lowest BCUT2D eigenvalue weighted by Crippen LogP contribution is -2.10. The zero-order valence-electron chi connectivity index (χ0n) is 12.1. The Kier molecular flexibility index (Phi) is 3.36. The minimum atomic E-state index is 0.722. The maximum atomic E-state index is 5.83. The van der Waals surface area contributed by atoms with Crippen molar-refractivity contribution in [2.45, 2.75) is 0 Å². The van der Waals surface area contributed by atoms with Crippen molar-refractivity contribution in [3.63, 3.8) is 0 Å². The van der Waals surface area contributed by atoms with Crippen molar-refractivity contribution in [1.29, 1.82) is 0 Å². The predicted molar refractivity (Wildman–Crippen MR) is 87.2 cm³/mol. The molecular formula is C17H17N3O. The van der Waals surface area contributed by atoms with Crippen LogP contribution in [0.2, 0.25) is 0 Å². The van der Waals surface area contributed by atoms with Crippen LogP contribution in [0.15, 0.2) is 54.7 Å². The standard InChI is InChI=1S/C17H17N3O/c1-20(13-4-6-14(21-2)7-5-13)17-9-10-19-16-11-12(18)3-8-15(16)17/h3-11H,18H2,1-2H3. The molecule has 3 aromatic rings. The smallest absolute Gasteiger partial charge is 0.119 e. The fourth-order valence-electron chi connectivity index (χ4n) is 2.39. The van der Waals surface area contributed by atoms with Gasteiger partial charge in [0.1, 0.15) is 5.75 Å². The molecule has 4 nitrogen and oxygen atoms in total. The number of benzene rings is 2. The highest BCUT2D eigenvalue weighted by Gasteiger charge is 2.09. The minimum absolute atomic E-state index is 0.722.